The van der Waals surface area contributed by atoms with Gasteiger partial charge in [0.2, 0.25) is 5.89 Å². The van der Waals surface area contributed by atoms with Crippen LogP contribution in [0.15, 0.2) is 40.0 Å². The van der Waals surface area contributed by atoms with Gasteiger partial charge in [0, 0.05) is 12.2 Å². The minimum atomic E-state index is 0.660. The van der Waals surface area contributed by atoms with Crippen molar-refractivity contribution in [3.05, 3.63) is 41.8 Å². The van der Waals surface area contributed by atoms with Crippen molar-refractivity contribution in [2.45, 2.75) is 30.7 Å². The van der Waals surface area contributed by atoms with Crippen LogP contribution in [0.4, 0.5) is 0 Å². The molecule has 0 bridgehead atoms. The Labute approximate surface area is 99.3 Å². The van der Waals surface area contributed by atoms with Gasteiger partial charge in [0.25, 0.3) is 5.22 Å². The Kier molecular flexibility index (Phi) is 3.99. The monoisotopic (exact) mass is 234 g/mol. The van der Waals surface area contributed by atoms with Crippen molar-refractivity contribution in [1.29, 1.82) is 0 Å². The maximum atomic E-state index is 5.49. The summed E-state index contributed by atoms with van der Waals surface area (Å²) in [6, 6.07) is 10.3. The van der Waals surface area contributed by atoms with Crippen LogP contribution < -0.4 is 0 Å². The molecule has 1 heterocycles. The van der Waals surface area contributed by atoms with E-state index in [0.29, 0.717) is 5.22 Å². The Bertz CT molecular complexity index is 428. The Morgan fingerprint density at radius 1 is 1.19 bits per heavy atom. The van der Waals surface area contributed by atoms with Gasteiger partial charge in [-0.15, -0.1) is 10.2 Å². The van der Waals surface area contributed by atoms with E-state index in [9.17, 15) is 0 Å². The van der Waals surface area contributed by atoms with Crippen molar-refractivity contribution < 1.29 is 4.42 Å². The van der Waals surface area contributed by atoms with Gasteiger partial charge in [0.15, 0.2) is 0 Å². The molecule has 0 aliphatic carbocycles. The zero-order chi connectivity index (χ0) is 11.2. The van der Waals surface area contributed by atoms with Crippen LogP contribution in [0, 0.1) is 0 Å². The topological polar surface area (TPSA) is 38.9 Å². The van der Waals surface area contributed by atoms with Crippen molar-refractivity contribution >= 4 is 11.8 Å². The highest BCUT2D eigenvalue weighted by molar-refractivity contribution is 7.98. The maximum Gasteiger partial charge on any atom is 0.276 e. The van der Waals surface area contributed by atoms with Crippen molar-refractivity contribution in [1.82, 2.24) is 10.2 Å². The molecule has 2 rings (SSSR count). The summed E-state index contributed by atoms with van der Waals surface area (Å²) in [4.78, 5) is 0. The van der Waals surface area contributed by atoms with Gasteiger partial charge < -0.3 is 4.42 Å². The van der Waals surface area contributed by atoms with E-state index in [-0.39, 0.29) is 0 Å². The number of rotatable bonds is 5. The Morgan fingerprint density at radius 2 is 2.00 bits per heavy atom. The zero-order valence-electron chi connectivity index (χ0n) is 9.22. The van der Waals surface area contributed by atoms with Crippen molar-refractivity contribution in [3.8, 4) is 0 Å². The normalized spacial score (nSPS) is 10.6. The fraction of sp³-hybridized carbons (Fsp3) is 0.333. The summed E-state index contributed by atoms with van der Waals surface area (Å²) in [7, 11) is 0. The molecular formula is C12H14N2OS. The van der Waals surface area contributed by atoms with Crippen molar-refractivity contribution in [3.63, 3.8) is 0 Å². The maximum absolute atomic E-state index is 5.49. The van der Waals surface area contributed by atoms with Gasteiger partial charge in [-0.3, -0.25) is 0 Å². The lowest BCUT2D eigenvalue weighted by molar-refractivity contribution is 0.411. The molecular weight excluding hydrogens is 220 g/mol. The lowest BCUT2D eigenvalue weighted by atomic mass is 10.2. The molecule has 2 aromatic rings. The molecule has 0 saturated heterocycles. The average molecular weight is 234 g/mol. The van der Waals surface area contributed by atoms with Crippen LogP contribution in [0.5, 0.6) is 0 Å². The second-order valence-electron chi connectivity index (χ2n) is 3.49. The standard InChI is InChI=1S/C12H14N2OS/c1-2-6-11-13-14-12(15-11)16-9-10-7-4-3-5-8-10/h3-5,7-8H,2,6,9H2,1H3. The lowest BCUT2D eigenvalue weighted by Crippen LogP contribution is -1.80. The van der Waals surface area contributed by atoms with Crippen LogP contribution in [0.2, 0.25) is 0 Å². The van der Waals surface area contributed by atoms with Gasteiger partial charge >= 0.3 is 0 Å². The summed E-state index contributed by atoms with van der Waals surface area (Å²) in [6.45, 7) is 2.10. The third kappa shape index (κ3) is 3.10. The van der Waals surface area contributed by atoms with Gasteiger partial charge in [0.05, 0.1) is 0 Å². The van der Waals surface area contributed by atoms with Crippen LogP contribution in [-0.2, 0) is 12.2 Å². The molecule has 0 amide bonds. The predicted molar refractivity (Wildman–Crippen MR) is 64.3 cm³/mol. The predicted octanol–water partition coefficient (Wildman–Crippen LogP) is 3.31. The molecule has 0 fully saturated rings. The molecule has 84 valence electrons. The van der Waals surface area contributed by atoms with E-state index in [4.69, 9.17) is 4.42 Å². The van der Waals surface area contributed by atoms with Crippen LogP contribution in [-0.4, -0.2) is 10.2 Å². The lowest BCUT2D eigenvalue weighted by Gasteiger charge is -1.96. The molecule has 0 unspecified atom stereocenters. The van der Waals surface area contributed by atoms with Crippen LogP contribution in [0.3, 0.4) is 0 Å². The molecule has 3 nitrogen and oxygen atoms in total. The van der Waals surface area contributed by atoms with Gasteiger partial charge in [-0.25, -0.2) is 0 Å². The second kappa shape index (κ2) is 5.70. The molecule has 1 aromatic carbocycles. The SMILES string of the molecule is CCCc1nnc(SCc2ccccc2)o1. The highest BCUT2D eigenvalue weighted by Gasteiger charge is 2.05. The Hall–Kier alpha value is -1.29. The molecule has 0 N–H and O–H groups in total. The van der Waals surface area contributed by atoms with E-state index in [0.717, 1.165) is 24.5 Å². The van der Waals surface area contributed by atoms with E-state index in [1.807, 2.05) is 18.2 Å². The first kappa shape index (κ1) is 11.2. The summed E-state index contributed by atoms with van der Waals surface area (Å²) in [6.07, 6.45) is 1.89. The van der Waals surface area contributed by atoms with Crippen LogP contribution in [0.1, 0.15) is 24.8 Å². The largest absolute Gasteiger partial charge is 0.416 e. The Balaban J connectivity index is 1.89. The molecule has 0 aliphatic heterocycles. The summed E-state index contributed by atoms with van der Waals surface area (Å²) >= 11 is 1.58. The molecule has 0 radical (unpaired) electrons. The second-order valence-corrected chi connectivity index (χ2v) is 4.41. The molecule has 0 spiro atoms. The highest BCUT2D eigenvalue weighted by Crippen LogP contribution is 2.21. The van der Waals surface area contributed by atoms with E-state index in [1.54, 1.807) is 11.8 Å². The van der Waals surface area contributed by atoms with Crippen molar-refractivity contribution in [2.75, 3.05) is 0 Å². The van der Waals surface area contributed by atoms with E-state index >= 15 is 0 Å². The number of aryl methyl sites for hydroxylation is 1. The zero-order valence-corrected chi connectivity index (χ0v) is 10.0. The fourth-order valence-electron chi connectivity index (χ4n) is 1.33. The first-order chi connectivity index (χ1) is 7.88. The Morgan fingerprint density at radius 3 is 2.75 bits per heavy atom. The molecule has 0 saturated carbocycles. The number of hydrogen-bond acceptors (Lipinski definition) is 4. The smallest absolute Gasteiger partial charge is 0.276 e. The third-order valence-corrected chi connectivity index (χ3v) is 3.01. The number of benzene rings is 1. The van der Waals surface area contributed by atoms with Gasteiger partial charge in [0.1, 0.15) is 0 Å². The first-order valence-electron chi connectivity index (χ1n) is 5.37. The number of nitrogens with zero attached hydrogens (tertiary/aromatic N) is 2. The number of aromatic nitrogens is 2. The number of thioether (sulfide) groups is 1. The van der Waals surface area contributed by atoms with Crippen LogP contribution >= 0.6 is 11.8 Å². The summed E-state index contributed by atoms with van der Waals surface area (Å²) in [5.74, 6) is 1.60. The van der Waals surface area contributed by atoms with Gasteiger partial charge in [-0.05, 0) is 12.0 Å². The third-order valence-electron chi connectivity index (χ3n) is 2.12. The number of hydrogen-bond donors (Lipinski definition) is 0. The van der Waals surface area contributed by atoms with E-state index in [2.05, 4.69) is 29.3 Å². The van der Waals surface area contributed by atoms with Gasteiger partial charge in [-0.2, -0.15) is 0 Å². The highest BCUT2D eigenvalue weighted by atomic mass is 32.2. The molecule has 0 atom stereocenters. The summed E-state index contributed by atoms with van der Waals surface area (Å²) in [5.41, 5.74) is 1.27. The quantitative estimate of drug-likeness (QED) is 0.744. The molecule has 1 aromatic heterocycles. The summed E-state index contributed by atoms with van der Waals surface area (Å²) in [5, 5.41) is 8.64. The van der Waals surface area contributed by atoms with Crippen molar-refractivity contribution in [2.24, 2.45) is 0 Å². The molecule has 0 aliphatic rings. The summed E-state index contributed by atoms with van der Waals surface area (Å²) < 4.78 is 5.49. The molecule has 16 heavy (non-hydrogen) atoms. The molecule has 4 heteroatoms. The van der Waals surface area contributed by atoms with E-state index in [1.165, 1.54) is 5.56 Å². The average Bonchev–Trinajstić information content (AvgIpc) is 2.76. The fourth-order valence-corrected chi connectivity index (χ4v) is 2.07. The van der Waals surface area contributed by atoms with E-state index < -0.39 is 0 Å². The first-order valence-corrected chi connectivity index (χ1v) is 6.36. The minimum absolute atomic E-state index is 0.660. The van der Waals surface area contributed by atoms with Crippen LogP contribution in [0.25, 0.3) is 0 Å². The minimum Gasteiger partial charge on any atom is -0.416 e. The van der Waals surface area contributed by atoms with Gasteiger partial charge in [-0.1, -0.05) is 49.0 Å².